The monoisotopic (exact) mass is 235 g/mol. The predicted octanol–water partition coefficient (Wildman–Crippen LogP) is 3.95. The Morgan fingerprint density at radius 1 is 1.31 bits per heavy atom. The molecule has 0 amide bonds. The Balaban J connectivity index is 0.000000606. The Kier molecular flexibility index (Phi) is 4.50. The van der Waals surface area contributed by atoms with Gasteiger partial charge < -0.3 is 4.98 Å². The molecule has 16 heavy (non-hydrogen) atoms. The van der Waals surface area contributed by atoms with E-state index in [-0.39, 0.29) is 5.78 Å². The fourth-order valence-corrected chi connectivity index (χ4v) is 2.39. The van der Waals surface area contributed by atoms with Crippen LogP contribution in [0.15, 0.2) is 24.4 Å². The lowest BCUT2D eigenvalue weighted by Crippen LogP contribution is -2.01. The number of aromatic amines is 1. The topological polar surface area (TPSA) is 32.9 Å². The zero-order valence-corrected chi connectivity index (χ0v) is 10.9. The van der Waals surface area contributed by atoms with E-state index >= 15 is 0 Å². The molecule has 0 atom stereocenters. The third kappa shape index (κ3) is 2.61. The van der Waals surface area contributed by atoms with Gasteiger partial charge in [-0.05, 0) is 32.0 Å². The van der Waals surface area contributed by atoms with Crippen LogP contribution in [0.1, 0.15) is 39.7 Å². The first-order valence-corrected chi connectivity index (χ1v) is 6.25. The van der Waals surface area contributed by atoms with E-state index in [2.05, 4.69) is 4.98 Å². The molecule has 3 heteroatoms. The number of hydrogen-bond acceptors (Lipinski definition) is 2. The molecule has 0 spiro atoms. The molecule has 0 aliphatic carbocycles. The Morgan fingerprint density at radius 2 is 2.00 bits per heavy atom. The van der Waals surface area contributed by atoms with Gasteiger partial charge in [0.1, 0.15) is 0 Å². The second-order valence-corrected chi connectivity index (χ2v) is 4.70. The van der Waals surface area contributed by atoms with Crippen LogP contribution in [0.2, 0.25) is 0 Å². The summed E-state index contributed by atoms with van der Waals surface area (Å²) >= 11 is 1.66. The van der Waals surface area contributed by atoms with Crippen LogP contribution in [0.5, 0.6) is 0 Å². The first-order valence-electron chi connectivity index (χ1n) is 5.43. The van der Waals surface area contributed by atoms with Crippen LogP contribution in [-0.4, -0.2) is 10.8 Å². The zero-order chi connectivity index (χ0) is 12.1. The highest BCUT2D eigenvalue weighted by Crippen LogP contribution is 2.22. The average Bonchev–Trinajstić information content (AvgIpc) is 2.90. The van der Waals surface area contributed by atoms with Crippen molar-refractivity contribution in [3.05, 3.63) is 45.4 Å². The van der Waals surface area contributed by atoms with E-state index in [0.717, 1.165) is 10.4 Å². The number of aryl methyl sites for hydroxylation is 2. The molecule has 2 rings (SSSR count). The lowest BCUT2D eigenvalue weighted by atomic mass is 10.1. The van der Waals surface area contributed by atoms with E-state index in [1.807, 2.05) is 39.8 Å². The van der Waals surface area contributed by atoms with Crippen molar-refractivity contribution in [2.45, 2.75) is 27.7 Å². The third-order valence-electron chi connectivity index (χ3n) is 2.13. The second kappa shape index (κ2) is 5.66. The van der Waals surface area contributed by atoms with Gasteiger partial charge in [-0.2, -0.15) is 0 Å². The number of rotatable bonds is 2. The van der Waals surface area contributed by atoms with Crippen molar-refractivity contribution in [3.8, 4) is 0 Å². The van der Waals surface area contributed by atoms with E-state index in [0.29, 0.717) is 5.69 Å². The molecule has 0 aliphatic heterocycles. The number of ketones is 1. The molecule has 0 bridgehead atoms. The molecule has 0 fully saturated rings. The van der Waals surface area contributed by atoms with Gasteiger partial charge in [0.05, 0.1) is 5.69 Å². The Labute approximate surface area is 100 Å². The van der Waals surface area contributed by atoms with Crippen molar-refractivity contribution in [1.29, 1.82) is 0 Å². The Bertz CT molecular complexity index is 454. The van der Waals surface area contributed by atoms with Gasteiger partial charge in [-0.15, -0.1) is 11.3 Å². The highest BCUT2D eigenvalue weighted by atomic mass is 32.1. The fraction of sp³-hybridized carbons (Fsp3) is 0.308. The number of nitrogens with one attached hydrogen (secondary N) is 1. The SMILES string of the molecule is CC.Cc1cc(C(=O)c2ccc[nH]2)c(C)s1. The van der Waals surface area contributed by atoms with Crippen molar-refractivity contribution in [2.75, 3.05) is 0 Å². The molecule has 0 aromatic carbocycles. The first-order chi connectivity index (χ1) is 7.68. The molecular formula is C13H17NOS. The molecular weight excluding hydrogens is 218 g/mol. The maximum atomic E-state index is 11.9. The van der Waals surface area contributed by atoms with Crippen molar-refractivity contribution >= 4 is 17.1 Å². The fourth-order valence-electron chi connectivity index (χ4n) is 1.47. The predicted molar refractivity (Wildman–Crippen MR) is 69.4 cm³/mol. The van der Waals surface area contributed by atoms with Gasteiger partial charge in [0.15, 0.2) is 0 Å². The Hall–Kier alpha value is -1.35. The minimum absolute atomic E-state index is 0.0804. The lowest BCUT2D eigenvalue weighted by Gasteiger charge is -1.95. The maximum Gasteiger partial charge on any atom is 0.210 e. The number of carbonyl (C=O) groups excluding carboxylic acids is 1. The summed E-state index contributed by atoms with van der Waals surface area (Å²) in [5.74, 6) is 0.0804. The standard InChI is InChI=1S/C11H11NOS.C2H6/c1-7-6-9(8(2)14-7)11(13)10-4-3-5-12-10;1-2/h3-6,12H,1-2H3;1-2H3. The normalized spacial score (nSPS) is 9.50. The third-order valence-corrected chi connectivity index (χ3v) is 3.09. The number of thiophene rings is 1. The molecule has 0 saturated carbocycles. The van der Waals surface area contributed by atoms with Crippen molar-refractivity contribution in [3.63, 3.8) is 0 Å². The summed E-state index contributed by atoms with van der Waals surface area (Å²) in [6.07, 6.45) is 1.77. The number of hydrogen-bond donors (Lipinski definition) is 1. The van der Waals surface area contributed by atoms with Crippen LogP contribution in [0.4, 0.5) is 0 Å². The van der Waals surface area contributed by atoms with E-state index in [1.54, 1.807) is 23.6 Å². The van der Waals surface area contributed by atoms with Crippen LogP contribution in [-0.2, 0) is 0 Å². The van der Waals surface area contributed by atoms with E-state index < -0.39 is 0 Å². The highest BCUT2D eigenvalue weighted by molar-refractivity contribution is 7.12. The smallest absolute Gasteiger partial charge is 0.210 e. The van der Waals surface area contributed by atoms with Crippen LogP contribution in [0.25, 0.3) is 0 Å². The summed E-state index contributed by atoms with van der Waals surface area (Å²) in [6, 6.07) is 5.58. The van der Waals surface area contributed by atoms with Crippen molar-refractivity contribution in [2.24, 2.45) is 0 Å². The summed E-state index contributed by atoms with van der Waals surface area (Å²) in [5, 5.41) is 0. The van der Waals surface area contributed by atoms with Gasteiger partial charge in [-0.25, -0.2) is 0 Å². The number of H-pyrrole nitrogens is 1. The van der Waals surface area contributed by atoms with Gasteiger partial charge in [0.2, 0.25) is 5.78 Å². The van der Waals surface area contributed by atoms with E-state index in [4.69, 9.17) is 0 Å². The van der Waals surface area contributed by atoms with Crippen LogP contribution in [0.3, 0.4) is 0 Å². The average molecular weight is 235 g/mol. The Morgan fingerprint density at radius 3 is 2.44 bits per heavy atom. The molecule has 2 heterocycles. The molecule has 2 aromatic heterocycles. The van der Waals surface area contributed by atoms with Crippen LogP contribution >= 0.6 is 11.3 Å². The molecule has 2 nitrogen and oxygen atoms in total. The number of carbonyl (C=O) groups is 1. The van der Waals surface area contributed by atoms with Crippen molar-refractivity contribution < 1.29 is 4.79 Å². The van der Waals surface area contributed by atoms with Gasteiger partial charge >= 0.3 is 0 Å². The maximum absolute atomic E-state index is 11.9. The molecule has 0 radical (unpaired) electrons. The summed E-state index contributed by atoms with van der Waals surface area (Å²) in [7, 11) is 0. The molecule has 86 valence electrons. The molecule has 0 saturated heterocycles. The molecule has 0 unspecified atom stereocenters. The first kappa shape index (κ1) is 12.7. The largest absolute Gasteiger partial charge is 0.359 e. The zero-order valence-electron chi connectivity index (χ0n) is 10.1. The van der Waals surface area contributed by atoms with Gasteiger partial charge in [0, 0.05) is 21.5 Å². The van der Waals surface area contributed by atoms with E-state index in [9.17, 15) is 4.79 Å². The van der Waals surface area contributed by atoms with Gasteiger partial charge in [0.25, 0.3) is 0 Å². The summed E-state index contributed by atoms with van der Waals surface area (Å²) in [5.41, 5.74) is 1.47. The minimum Gasteiger partial charge on any atom is -0.359 e. The minimum atomic E-state index is 0.0804. The molecule has 0 aliphatic rings. The molecule has 2 aromatic rings. The summed E-state index contributed by atoms with van der Waals surface area (Å²) in [4.78, 5) is 17.1. The lowest BCUT2D eigenvalue weighted by molar-refractivity contribution is 0.103. The van der Waals surface area contributed by atoms with E-state index in [1.165, 1.54) is 4.88 Å². The second-order valence-electron chi connectivity index (χ2n) is 3.24. The quantitative estimate of drug-likeness (QED) is 0.785. The van der Waals surface area contributed by atoms with Crippen molar-refractivity contribution in [1.82, 2.24) is 4.98 Å². The van der Waals surface area contributed by atoms with Gasteiger partial charge in [-0.1, -0.05) is 13.8 Å². The van der Waals surface area contributed by atoms with Crippen LogP contribution < -0.4 is 0 Å². The van der Waals surface area contributed by atoms with Gasteiger partial charge in [-0.3, -0.25) is 4.79 Å². The number of aromatic nitrogens is 1. The summed E-state index contributed by atoms with van der Waals surface area (Å²) in [6.45, 7) is 8.00. The molecule has 1 N–H and O–H groups in total. The van der Waals surface area contributed by atoms with Crippen LogP contribution in [0, 0.1) is 13.8 Å². The summed E-state index contributed by atoms with van der Waals surface area (Å²) < 4.78 is 0. The highest BCUT2D eigenvalue weighted by Gasteiger charge is 2.14.